The number of imide groups is 1. The molecule has 2 aromatic rings. The summed E-state index contributed by atoms with van der Waals surface area (Å²) in [6, 6.07) is 12.2. The Morgan fingerprint density at radius 1 is 1.07 bits per heavy atom. The average molecular weight is 589 g/mol. The molecule has 0 bridgehead atoms. The van der Waals surface area contributed by atoms with Crippen LogP contribution >= 0.6 is 0 Å². The summed E-state index contributed by atoms with van der Waals surface area (Å²) < 4.78 is 10.7. The number of fused-ring (bicyclic) bond motifs is 1. The molecule has 1 unspecified atom stereocenters. The molecule has 9 heteroatoms. The van der Waals surface area contributed by atoms with Crippen LogP contribution in [0.1, 0.15) is 79.8 Å². The maximum atomic E-state index is 14.2. The molecule has 2 heterocycles. The minimum atomic E-state index is -0.653. The van der Waals surface area contributed by atoms with Crippen LogP contribution in [0.4, 0.5) is 16.2 Å². The summed E-state index contributed by atoms with van der Waals surface area (Å²) >= 11 is 0. The van der Waals surface area contributed by atoms with Gasteiger partial charge in [0, 0.05) is 31.9 Å². The van der Waals surface area contributed by atoms with Crippen molar-refractivity contribution in [2.24, 2.45) is 0 Å². The number of carbonyl (C=O) groups excluding carboxylic acids is 3. The van der Waals surface area contributed by atoms with E-state index in [0.717, 1.165) is 55.3 Å². The summed E-state index contributed by atoms with van der Waals surface area (Å²) in [7, 11) is 1.60. The molecule has 4 rings (SSSR count). The van der Waals surface area contributed by atoms with Crippen molar-refractivity contribution < 1.29 is 23.9 Å². The van der Waals surface area contributed by atoms with Crippen LogP contribution in [0.3, 0.4) is 0 Å². The molecule has 2 aliphatic heterocycles. The number of carbonyl (C=O) groups is 3. The maximum Gasteiger partial charge on any atom is 0.412 e. The van der Waals surface area contributed by atoms with Crippen LogP contribution in [-0.2, 0) is 9.47 Å². The Morgan fingerprint density at radius 2 is 1.77 bits per heavy atom. The monoisotopic (exact) mass is 588 g/mol. The number of anilines is 2. The highest BCUT2D eigenvalue weighted by atomic mass is 16.6. The van der Waals surface area contributed by atoms with Crippen molar-refractivity contribution in [1.82, 2.24) is 9.80 Å². The second kappa shape index (κ2) is 13.5. The molecule has 1 saturated heterocycles. The summed E-state index contributed by atoms with van der Waals surface area (Å²) in [6.07, 6.45) is 2.24. The number of benzene rings is 2. The van der Waals surface area contributed by atoms with Gasteiger partial charge in [0.1, 0.15) is 5.60 Å². The van der Waals surface area contributed by atoms with Crippen molar-refractivity contribution in [2.75, 3.05) is 50.1 Å². The Bertz CT molecular complexity index is 1400. The highest BCUT2D eigenvalue weighted by Crippen LogP contribution is 2.39. The largest absolute Gasteiger partial charge is 0.501 e. The van der Waals surface area contributed by atoms with Crippen molar-refractivity contribution in [3.05, 3.63) is 83.1 Å². The Labute approximate surface area is 255 Å². The van der Waals surface area contributed by atoms with Crippen LogP contribution in [0.2, 0.25) is 0 Å². The highest BCUT2D eigenvalue weighted by Gasteiger charge is 2.43. The van der Waals surface area contributed by atoms with Gasteiger partial charge in [-0.05, 0) is 83.0 Å². The average Bonchev–Trinajstić information content (AvgIpc) is 3.22. The van der Waals surface area contributed by atoms with Crippen molar-refractivity contribution in [3.63, 3.8) is 0 Å². The number of amides is 3. The minimum absolute atomic E-state index is 0.307. The lowest BCUT2D eigenvalue weighted by molar-refractivity contribution is 0.0570. The van der Waals surface area contributed by atoms with E-state index in [1.54, 1.807) is 52.1 Å². The zero-order chi connectivity index (χ0) is 31.3. The predicted octanol–water partition coefficient (Wildman–Crippen LogP) is 6.40. The summed E-state index contributed by atoms with van der Waals surface area (Å²) in [4.78, 5) is 46.7. The number of likely N-dealkylation sites (N-methyl/N-ethyl adjacent to an activating group) is 1. The first-order chi connectivity index (χ1) is 20.4. The molecule has 1 atom stereocenters. The van der Waals surface area contributed by atoms with E-state index in [1.165, 1.54) is 4.90 Å². The standard InChI is InChI=1S/C34H44N4O5/c1-8-36-17-19-37(20-18-36)29-14-10-13-27-30(29)32(40)38(31(27)39)28(16-15-23(2)21-24(3)42-7)25-11-9-12-26(22-25)35-33(41)43-34(4,5)6/h9-14,21-22,28H,2,8,15-20H2,1,3-7H3,(H,35,41)/b24-21+. The fourth-order valence-corrected chi connectivity index (χ4v) is 5.57. The molecular formula is C34H44N4O5. The first-order valence-electron chi connectivity index (χ1n) is 14.9. The van der Waals surface area contributed by atoms with Gasteiger partial charge in [0.05, 0.1) is 35.7 Å². The first-order valence-corrected chi connectivity index (χ1v) is 14.9. The van der Waals surface area contributed by atoms with Crippen molar-refractivity contribution in [2.45, 2.75) is 59.1 Å². The lowest BCUT2D eigenvalue weighted by Crippen LogP contribution is -2.46. The topological polar surface area (TPSA) is 91.4 Å². The van der Waals surface area contributed by atoms with Crippen LogP contribution in [-0.4, -0.2) is 73.1 Å². The molecule has 230 valence electrons. The number of methoxy groups -OCH3 is 1. The maximum absolute atomic E-state index is 14.2. The molecule has 3 amide bonds. The number of ether oxygens (including phenoxy) is 2. The number of hydrogen-bond acceptors (Lipinski definition) is 7. The van der Waals surface area contributed by atoms with E-state index in [4.69, 9.17) is 9.47 Å². The number of allylic oxidation sites excluding steroid dienone is 3. The molecule has 0 spiro atoms. The molecule has 43 heavy (non-hydrogen) atoms. The Kier molecular flexibility index (Phi) is 9.96. The van der Waals surface area contributed by atoms with Gasteiger partial charge in [-0.15, -0.1) is 0 Å². The Hall–Kier alpha value is -4.11. The van der Waals surface area contributed by atoms with E-state index in [-0.39, 0.29) is 11.8 Å². The number of rotatable bonds is 10. The van der Waals surface area contributed by atoms with E-state index < -0.39 is 17.7 Å². The third kappa shape index (κ3) is 7.65. The van der Waals surface area contributed by atoms with Gasteiger partial charge in [-0.3, -0.25) is 19.8 Å². The van der Waals surface area contributed by atoms with Crippen LogP contribution in [0.15, 0.2) is 66.5 Å². The van der Waals surface area contributed by atoms with Gasteiger partial charge in [-0.2, -0.15) is 0 Å². The van der Waals surface area contributed by atoms with Gasteiger partial charge in [0.25, 0.3) is 11.8 Å². The normalized spacial score (nSPS) is 16.7. The summed E-state index contributed by atoms with van der Waals surface area (Å²) in [6.45, 7) is 17.9. The first kappa shape index (κ1) is 31.8. The molecule has 1 N–H and O–H groups in total. The lowest BCUT2D eigenvalue weighted by Gasteiger charge is -2.36. The number of nitrogens with one attached hydrogen (secondary N) is 1. The summed E-state index contributed by atoms with van der Waals surface area (Å²) in [5.74, 6) is 0.0932. The molecule has 9 nitrogen and oxygen atoms in total. The number of nitrogens with zero attached hydrogens (tertiary/aromatic N) is 3. The van der Waals surface area contributed by atoms with Crippen LogP contribution in [0.5, 0.6) is 0 Å². The molecule has 2 aromatic carbocycles. The summed E-state index contributed by atoms with van der Waals surface area (Å²) in [5, 5.41) is 2.78. The third-order valence-corrected chi connectivity index (χ3v) is 7.78. The lowest BCUT2D eigenvalue weighted by atomic mass is 9.97. The Morgan fingerprint density at radius 3 is 2.42 bits per heavy atom. The van der Waals surface area contributed by atoms with Crippen molar-refractivity contribution in [1.29, 1.82) is 0 Å². The molecular weight excluding hydrogens is 544 g/mol. The van der Waals surface area contributed by atoms with Crippen LogP contribution in [0.25, 0.3) is 0 Å². The van der Waals surface area contributed by atoms with Crippen LogP contribution in [0, 0.1) is 0 Å². The highest BCUT2D eigenvalue weighted by molar-refractivity contribution is 6.24. The van der Waals surface area contributed by atoms with Gasteiger partial charge >= 0.3 is 6.09 Å². The fraction of sp³-hybridized carbons (Fsp3) is 0.441. The van der Waals surface area contributed by atoms with Crippen LogP contribution < -0.4 is 10.2 Å². The van der Waals surface area contributed by atoms with E-state index in [2.05, 4.69) is 28.6 Å². The van der Waals surface area contributed by atoms with Crippen molar-refractivity contribution >= 4 is 29.3 Å². The minimum Gasteiger partial charge on any atom is -0.501 e. The van der Waals surface area contributed by atoms with E-state index in [0.29, 0.717) is 29.7 Å². The second-order valence-electron chi connectivity index (χ2n) is 12.0. The van der Waals surface area contributed by atoms with Gasteiger partial charge in [0.2, 0.25) is 0 Å². The smallest absolute Gasteiger partial charge is 0.412 e. The molecule has 2 aliphatic rings. The number of piperazine rings is 1. The van der Waals surface area contributed by atoms with Gasteiger partial charge in [0.15, 0.2) is 0 Å². The molecule has 0 aliphatic carbocycles. The fourth-order valence-electron chi connectivity index (χ4n) is 5.57. The quantitative estimate of drug-likeness (QED) is 0.195. The number of hydrogen-bond donors (Lipinski definition) is 1. The third-order valence-electron chi connectivity index (χ3n) is 7.78. The molecule has 0 aromatic heterocycles. The van der Waals surface area contributed by atoms with Crippen molar-refractivity contribution in [3.8, 4) is 0 Å². The zero-order valence-electron chi connectivity index (χ0n) is 26.2. The van der Waals surface area contributed by atoms with Gasteiger partial charge in [-0.1, -0.05) is 37.3 Å². The molecule has 1 fully saturated rings. The van der Waals surface area contributed by atoms with E-state index in [9.17, 15) is 14.4 Å². The van der Waals surface area contributed by atoms with E-state index >= 15 is 0 Å². The SMILES string of the molecule is C=C(/C=C(\C)OC)CCC(c1cccc(NC(=O)OC(C)(C)C)c1)N1C(=O)c2cccc(N3CCN(CC)CC3)c2C1=O. The summed E-state index contributed by atoms with van der Waals surface area (Å²) in [5.41, 5.74) is 3.08. The Balaban J connectivity index is 1.67. The molecule has 0 radical (unpaired) electrons. The molecule has 0 saturated carbocycles. The van der Waals surface area contributed by atoms with Gasteiger partial charge in [-0.25, -0.2) is 4.79 Å². The van der Waals surface area contributed by atoms with E-state index in [1.807, 2.05) is 31.2 Å². The zero-order valence-corrected chi connectivity index (χ0v) is 26.2. The van der Waals surface area contributed by atoms with Gasteiger partial charge < -0.3 is 19.3 Å². The second-order valence-corrected chi connectivity index (χ2v) is 12.0. The predicted molar refractivity (Wildman–Crippen MR) is 169 cm³/mol.